The lowest BCUT2D eigenvalue weighted by Gasteiger charge is -2.03. The number of nitrogens with one attached hydrogen (secondary N) is 1. The van der Waals surface area contributed by atoms with E-state index in [1.807, 2.05) is 12.1 Å². The lowest BCUT2D eigenvalue weighted by atomic mass is 10.2. The maximum atomic E-state index is 12.1. The number of terminal acetylenes is 1. The number of halogens is 1. The van der Waals surface area contributed by atoms with E-state index in [2.05, 4.69) is 11.2 Å². The van der Waals surface area contributed by atoms with Gasteiger partial charge in [0.25, 0.3) is 5.91 Å². The van der Waals surface area contributed by atoms with E-state index in [0.717, 1.165) is 29.3 Å². The first-order chi connectivity index (χ1) is 9.65. The van der Waals surface area contributed by atoms with Crippen molar-refractivity contribution in [2.75, 3.05) is 12.3 Å². The number of nitrogens with two attached hydrogens (primary N) is 1. The summed E-state index contributed by atoms with van der Waals surface area (Å²) >= 11 is 7.48. The van der Waals surface area contributed by atoms with E-state index < -0.39 is 0 Å². The summed E-state index contributed by atoms with van der Waals surface area (Å²) in [5.74, 6) is 2.42. The van der Waals surface area contributed by atoms with Crippen LogP contribution in [-0.2, 0) is 0 Å². The Balaban J connectivity index is 2.09. The topological polar surface area (TPSA) is 55.1 Å². The van der Waals surface area contributed by atoms with Crippen molar-refractivity contribution in [2.45, 2.75) is 19.3 Å². The van der Waals surface area contributed by atoms with Crippen molar-refractivity contribution < 1.29 is 4.79 Å². The van der Waals surface area contributed by atoms with Crippen molar-refractivity contribution in [2.24, 2.45) is 0 Å². The Bertz CT molecular complexity index is 672. The standard InChI is InChI=1S/C15H15ClN2OS/c1-2-3-4-5-9-18-15(19)14-13(17)12-10(16)7-6-8-11(12)20-14/h1,6-8H,3-5,9,17H2,(H,18,19). The molecule has 0 atom stereocenters. The zero-order chi connectivity index (χ0) is 14.5. The van der Waals surface area contributed by atoms with Crippen LogP contribution < -0.4 is 11.1 Å². The molecule has 1 aromatic heterocycles. The molecule has 1 amide bonds. The SMILES string of the molecule is C#CCCCCNC(=O)c1sc2cccc(Cl)c2c1N. The predicted octanol–water partition coefficient (Wildman–Crippen LogP) is 3.67. The van der Waals surface area contributed by atoms with Crippen LogP contribution in [0.5, 0.6) is 0 Å². The average molecular weight is 307 g/mol. The van der Waals surface area contributed by atoms with Crippen molar-refractivity contribution in [3.8, 4) is 12.3 Å². The van der Waals surface area contributed by atoms with Gasteiger partial charge in [0.15, 0.2) is 0 Å². The Morgan fingerprint density at radius 1 is 1.45 bits per heavy atom. The largest absolute Gasteiger partial charge is 0.397 e. The summed E-state index contributed by atoms with van der Waals surface area (Å²) in [5.41, 5.74) is 6.49. The fourth-order valence-corrected chi connectivity index (χ4v) is 3.33. The van der Waals surface area contributed by atoms with Crippen LogP contribution in [0.15, 0.2) is 18.2 Å². The number of hydrogen-bond acceptors (Lipinski definition) is 3. The number of nitrogen functional groups attached to an aromatic ring is 1. The molecule has 0 radical (unpaired) electrons. The van der Waals surface area contributed by atoms with Crippen molar-refractivity contribution in [1.29, 1.82) is 0 Å². The molecule has 1 aromatic carbocycles. The summed E-state index contributed by atoms with van der Waals surface area (Å²) in [6.07, 6.45) is 7.68. The van der Waals surface area contributed by atoms with Crippen LogP contribution in [0, 0.1) is 12.3 Å². The van der Waals surface area contributed by atoms with Gasteiger partial charge < -0.3 is 11.1 Å². The number of unbranched alkanes of at least 4 members (excludes halogenated alkanes) is 2. The van der Waals surface area contributed by atoms with Crippen LogP contribution in [0.2, 0.25) is 5.02 Å². The van der Waals surface area contributed by atoms with Crippen LogP contribution in [0.1, 0.15) is 28.9 Å². The van der Waals surface area contributed by atoms with Crippen LogP contribution >= 0.6 is 22.9 Å². The van der Waals surface area contributed by atoms with E-state index in [4.69, 9.17) is 23.8 Å². The van der Waals surface area contributed by atoms with Gasteiger partial charge in [0.1, 0.15) is 4.88 Å². The van der Waals surface area contributed by atoms with Gasteiger partial charge in [-0.05, 0) is 25.0 Å². The molecule has 0 saturated heterocycles. The molecule has 0 bridgehead atoms. The Labute approximate surface area is 127 Å². The third kappa shape index (κ3) is 3.06. The molecule has 0 spiro atoms. The summed E-state index contributed by atoms with van der Waals surface area (Å²) in [5, 5.41) is 4.19. The highest BCUT2D eigenvalue weighted by Crippen LogP contribution is 2.37. The van der Waals surface area contributed by atoms with Crippen molar-refractivity contribution in [1.82, 2.24) is 5.32 Å². The van der Waals surface area contributed by atoms with E-state index in [-0.39, 0.29) is 5.91 Å². The average Bonchev–Trinajstić information content (AvgIpc) is 2.77. The quantitative estimate of drug-likeness (QED) is 0.654. The molecule has 0 aliphatic rings. The second kappa shape index (κ2) is 6.65. The molecule has 20 heavy (non-hydrogen) atoms. The molecule has 5 heteroatoms. The molecule has 0 aliphatic carbocycles. The van der Waals surface area contributed by atoms with Gasteiger partial charge in [0.05, 0.1) is 10.7 Å². The van der Waals surface area contributed by atoms with E-state index in [9.17, 15) is 4.79 Å². The van der Waals surface area contributed by atoms with Gasteiger partial charge in [-0.3, -0.25) is 4.79 Å². The molecule has 0 unspecified atom stereocenters. The Morgan fingerprint density at radius 2 is 2.25 bits per heavy atom. The van der Waals surface area contributed by atoms with E-state index in [1.165, 1.54) is 11.3 Å². The summed E-state index contributed by atoms with van der Waals surface area (Å²) in [4.78, 5) is 12.6. The molecular weight excluding hydrogens is 292 g/mol. The van der Waals surface area contributed by atoms with Gasteiger partial charge in [0.2, 0.25) is 0 Å². The maximum absolute atomic E-state index is 12.1. The summed E-state index contributed by atoms with van der Waals surface area (Å²) in [7, 11) is 0. The Morgan fingerprint density at radius 3 is 2.95 bits per heavy atom. The zero-order valence-electron chi connectivity index (χ0n) is 10.9. The summed E-state index contributed by atoms with van der Waals surface area (Å²) in [6, 6.07) is 5.53. The number of carbonyl (C=O) groups is 1. The minimum absolute atomic E-state index is 0.152. The van der Waals surface area contributed by atoms with Crippen LogP contribution in [0.25, 0.3) is 10.1 Å². The Kier molecular flexibility index (Phi) is 4.89. The van der Waals surface area contributed by atoms with Crippen LogP contribution in [0.4, 0.5) is 5.69 Å². The normalized spacial score (nSPS) is 10.4. The number of amides is 1. The first-order valence-electron chi connectivity index (χ1n) is 6.33. The first-order valence-corrected chi connectivity index (χ1v) is 7.52. The highest BCUT2D eigenvalue weighted by atomic mass is 35.5. The maximum Gasteiger partial charge on any atom is 0.263 e. The second-order valence-electron chi connectivity index (χ2n) is 4.37. The molecule has 104 valence electrons. The molecule has 0 aliphatic heterocycles. The van der Waals surface area contributed by atoms with Crippen molar-refractivity contribution in [3.05, 3.63) is 28.1 Å². The van der Waals surface area contributed by atoms with Gasteiger partial charge in [-0.25, -0.2) is 0 Å². The van der Waals surface area contributed by atoms with E-state index in [0.29, 0.717) is 22.1 Å². The number of thiophene rings is 1. The van der Waals surface area contributed by atoms with Crippen molar-refractivity contribution in [3.63, 3.8) is 0 Å². The van der Waals surface area contributed by atoms with Gasteiger partial charge in [-0.1, -0.05) is 17.7 Å². The molecule has 2 rings (SSSR count). The van der Waals surface area contributed by atoms with Gasteiger partial charge in [-0.15, -0.1) is 23.7 Å². The molecule has 2 aromatic rings. The number of benzene rings is 1. The number of hydrogen-bond donors (Lipinski definition) is 2. The molecule has 0 fully saturated rings. The fraction of sp³-hybridized carbons (Fsp3) is 0.267. The number of carbonyl (C=O) groups excluding carboxylic acids is 1. The number of rotatable bonds is 5. The number of fused-ring (bicyclic) bond motifs is 1. The lowest BCUT2D eigenvalue weighted by Crippen LogP contribution is -2.24. The first kappa shape index (κ1) is 14.7. The smallest absolute Gasteiger partial charge is 0.263 e. The highest BCUT2D eigenvalue weighted by molar-refractivity contribution is 7.21. The summed E-state index contributed by atoms with van der Waals surface area (Å²) in [6.45, 7) is 0.599. The van der Waals surface area contributed by atoms with Crippen molar-refractivity contribution >= 4 is 44.6 Å². The molecule has 3 N–H and O–H groups in total. The third-order valence-electron chi connectivity index (χ3n) is 2.94. The monoisotopic (exact) mass is 306 g/mol. The zero-order valence-corrected chi connectivity index (χ0v) is 12.5. The van der Waals surface area contributed by atoms with E-state index in [1.54, 1.807) is 6.07 Å². The third-order valence-corrected chi connectivity index (χ3v) is 4.43. The summed E-state index contributed by atoms with van der Waals surface area (Å²) < 4.78 is 0.924. The van der Waals surface area contributed by atoms with E-state index >= 15 is 0 Å². The van der Waals surface area contributed by atoms with Gasteiger partial charge in [-0.2, -0.15) is 0 Å². The van der Waals surface area contributed by atoms with Gasteiger partial charge >= 0.3 is 0 Å². The lowest BCUT2D eigenvalue weighted by molar-refractivity contribution is 0.0958. The molecule has 0 saturated carbocycles. The second-order valence-corrected chi connectivity index (χ2v) is 5.83. The Hall–Kier alpha value is -1.70. The minimum atomic E-state index is -0.152. The van der Waals surface area contributed by atoms with Gasteiger partial charge in [0, 0.05) is 23.1 Å². The molecule has 1 heterocycles. The minimum Gasteiger partial charge on any atom is -0.397 e. The van der Waals surface area contributed by atoms with Crippen LogP contribution in [0.3, 0.4) is 0 Å². The highest BCUT2D eigenvalue weighted by Gasteiger charge is 2.17. The fourth-order valence-electron chi connectivity index (χ4n) is 1.93. The molecular formula is C15H15ClN2OS. The predicted molar refractivity (Wildman–Crippen MR) is 86.3 cm³/mol. The van der Waals surface area contributed by atoms with Crippen LogP contribution in [-0.4, -0.2) is 12.5 Å². The molecule has 3 nitrogen and oxygen atoms in total. The number of anilines is 1.